The summed E-state index contributed by atoms with van der Waals surface area (Å²) >= 11 is 0. The van der Waals surface area contributed by atoms with Crippen LogP contribution in [-0.4, -0.2) is 11.3 Å². The van der Waals surface area contributed by atoms with Crippen molar-refractivity contribution in [2.45, 2.75) is 97.8 Å². The highest BCUT2D eigenvalue weighted by molar-refractivity contribution is 5.63. The van der Waals surface area contributed by atoms with Crippen LogP contribution in [0.1, 0.15) is 95.2 Å². The molecule has 0 aliphatic carbocycles. The first-order valence-electron chi connectivity index (χ1n) is 10.2. The largest absolute Gasteiger partial charge is 0.511 e. The van der Waals surface area contributed by atoms with Crippen LogP contribution in [0.15, 0.2) is 12.1 Å². The van der Waals surface area contributed by atoms with Gasteiger partial charge in [-0.2, -0.15) is 0 Å². The van der Waals surface area contributed by atoms with Gasteiger partial charge in [-0.15, -0.1) is 0 Å². The van der Waals surface area contributed by atoms with E-state index in [1.807, 2.05) is 6.07 Å². The first-order valence-corrected chi connectivity index (χ1v) is 10.2. The normalized spacial score (nSPS) is 10.8. The lowest BCUT2D eigenvalue weighted by atomic mass is 9.90. The molecule has 1 rings (SSSR count). The Hall–Kier alpha value is -1.51. The highest BCUT2D eigenvalue weighted by Crippen LogP contribution is 2.30. The Balaban J connectivity index is 3.01. The van der Waals surface area contributed by atoms with Crippen LogP contribution >= 0.6 is 0 Å². The second kappa shape index (κ2) is 12.8. The van der Waals surface area contributed by atoms with Gasteiger partial charge in [0.1, 0.15) is 5.75 Å². The Bertz CT molecular complexity index is 508. The third-order valence-corrected chi connectivity index (χ3v) is 4.79. The Morgan fingerprint density at radius 1 is 0.800 bits per heavy atom. The molecule has 1 aromatic rings. The van der Waals surface area contributed by atoms with Crippen molar-refractivity contribution in [1.29, 1.82) is 0 Å². The van der Waals surface area contributed by atoms with Gasteiger partial charge in [-0.25, -0.2) is 4.79 Å². The second-order valence-electron chi connectivity index (χ2n) is 6.92. The van der Waals surface area contributed by atoms with Gasteiger partial charge in [0, 0.05) is 0 Å². The number of ether oxygens (including phenoxy) is 1. The average molecular weight is 349 g/mol. The molecular weight excluding hydrogens is 312 g/mol. The quantitative estimate of drug-likeness (QED) is 0.238. The molecule has 3 heteroatoms. The molecule has 0 atom stereocenters. The molecule has 0 bridgehead atoms. The van der Waals surface area contributed by atoms with Crippen LogP contribution < -0.4 is 4.74 Å². The lowest BCUT2D eigenvalue weighted by Crippen LogP contribution is -2.09. The van der Waals surface area contributed by atoms with E-state index in [1.165, 1.54) is 43.2 Å². The van der Waals surface area contributed by atoms with E-state index in [-0.39, 0.29) is 0 Å². The Morgan fingerprint density at radius 3 is 2.00 bits per heavy atom. The standard InChI is InChI=1S/C22H36O3/c1-4-7-10-11-12-13-18-16-17-21(25-22(23)24)20(15-9-6-3)19(18)14-8-5-2/h16-17H,4-15H2,1-3H3,(H,23,24). The molecule has 0 heterocycles. The maximum atomic E-state index is 11.1. The van der Waals surface area contributed by atoms with Gasteiger partial charge in [-0.3, -0.25) is 0 Å². The maximum absolute atomic E-state index is 11.1. The fourth-order valence-corrected chi connectivity index (χ4v) is 3.36. The molecule has 0 aromatic heterocycles. The van der Waals surface area contributed by atoms with Crippen LogP contribution in [-0.2, 0) is 19.3 Å². The highest BCUT2D eigenvalue weighted by Gasteiger charge is 2.16. The van der Waals surface area contributed by atoms with Gasteiger partial charge in [0.15, 0.2) is 0 Å². The Labute approximate surface area is 153 Å². The molecule has 0 radical (unpaired) electrons. The molecule has 3 nitrogen and oxygen atoms in total. The molecule has 142 valence electrons. The van der Waals surface area contributed by atoms with Crippen molar-refractivity contribution < 1.29 is 14.6 Å². The fraction of sp³-hybridized carbons (Fsp3) is 0.682. The summed E-state index contributed by atoms with van der Waals surface area (Å²) < 4.78 is 5.09. The van der Waals surface area contributed by atoms with Crippen LogP contribution in [0.25, 0.3) is 0 Å². The summed E-state index contributed by atoms with van der Waals surface area (Å²) in [6.07, 6.45) is 12.6. The molecule has 1 aromatic carbocycles. The zero-order valence-corrected chi connectivity index (χ0v) is 16.4. The second-order valence-corrected chi connectivity index (χ2v) is 6.92. The summed E-state index contributed by atoms with van der Waals surface area (Å²) in [5, 5.41) is 9.05. The zero-order valence-electron chi connectivity index (χ0n) is 16.4. The van der Waals surface area contributed by atoms with E-state index in [9.17, 15) is 4.79 Å². The summed E-state index contributed by atoms with van der Waals surface area (Å²) in [6.45, 7) is 6.61. The molecule has 0 saturated carbocycles. The predicted octanol–water partition coefficient (Wildman–Crippen LogP) is 6.94. The van der Waals surface area contributed by atoms with Crippen molar-refractivity contribution in [1.82, 2.24) is 0 Å². The number of aryl methyl sites for hydroxylation is 1. The average Bonchev–Trinajstić information content (AvgIpc) is 2.59. The zero-order chi connectivity index (χ0) is 18.5. The summed E-state index contributed by atoms with van der Waals surface area (Å²) in [4.78, 5) is 11.1. The number of hydrogen-bond acceptors (Lipinski definition) is 2. The molecule has 1 N–H and O–H groups in total. The van der Waals surface area contributed by atoms with Crippen molar-refractivity contribution in [2.24, 2.45) is 0 Å². The number of hydrogen-bond donors (Lipinski definition) is 1. The van der Waals surface area contributed by atoms with E-state index < -0.39 is 6.16 Å². The maximum Gasteiger partial charge on any atom is 0.511 e. The van der Waals surface area contributed by atoms with Crippen LogP contribution in [0.3, 0.4) is 0 Å². The van der Waals surface area contributed by atoms with Crippen LogP contribution in [0, 0.1) is 0 Å². The molecule has 0 amide bonds. The number of carboxylic acid groups (broad SMARTS) is 1. The number of unbranched alkanes of at least 4 members (excludes halogenated alkanes) is 6. The molecule has 0 saturated heterocycles. The minimum atomic E-state index is -1.22. The third kappa shape index (κ3) is 7.94. The van der Waals surface area contributed by atoms with E-state index in [0.717, 1.165) is 50.5 Å². The monoisotopic (exact) mass is 348 g/mol. The van der Waals surface area contributed by atoms with Crippen molar-refractivity contribution in [3.05, 3.63) is 28.8 Å². The minimum absolute atomic E-state index is 0.543. The van der Waals surface area contributed by atoms with Gasteiger partial charge in [0.2, 0.25) is 0 Å². The van der Waals surface area contributed by atoms with Crippen molar-refractivity contribution in [3.8, 4) is 5.75 Å². The van der Waals surface area contributed by atoms with Crippen LogP contribution in [0.2, 0.25) is 0 Å². The van der Waals surface area contributed by atoms with E-state index in [1.54, 1.807) is 0 Å². The van der Waals surface area contributed by atoms with Crippen LogP contribution in [0.4, 0.5) is 4.79 Å². The van der Waals surface area contributed by atoms with Crippen molar-refractivity contribution in [3.63, 3.8) is 0 Å². The number of benzene rings is 1. The summed E-state index contributed by atoms with van der Waals surface area (Å²) in [5.74, 6) is 0.543. The first-order chi connectivity index (χ1) is 12.1. The lowest BCUT2D eigenvalue weighted by molar-refractivity contribution is 0.144. The molecule has 0 aliphatic rings. The molecule has 0 aliphatic heterocycles. The highest BCUT2D eigenvalue weighted by atomic mass is 16.7. The van der Waals surface area contributed by atoms with Gasteiger partial charge >= 0.3 is 6.16 Å². The van der Waals surface area contributed by atoms with E-state index in [4.69, 9.17) is 9.84 Å². The van der Waals surface area contributed by atoms with Gasteiger partial charge in [0.25, 0.3) is 0 Å². The predicted molar refractivity (Wildman–Crippen MR) is 105 cm³/mol. The topological polar surface area (TPSA) is 46.5 Å². The summed E-state index contributed by atoms with van der Waals surface area (Å²) in [7, 11) is 0. The lowest BCUT2D eigenvalue weighted by Gasteiger charge is -2.18. The van der Waals surface area contributed by atoms with E-state index in [2.05, 4.69) is 26.8 Å². The van der Waals surface area contributed by atoms with Crippen molar-refractivity contribution in [2.75, 3.05) is 0 Å². The number of rotatable bonds is 13. The molecule has 25 heavy (non-hydrogen) atoms. The Morgan fingerprint density at radius 2 is 1.40 bits per heavy atom. The molecule has 0 spiro atoms. The molecule has 0 fully saturated rings. The number of carbonyl (C=O) groups is 1. The minimum Gasteiger partial charge on any atom is -0.449 e. The molecular formula is C22H36O3. The SMILES string of the molecule is CCCCCCCc1ccc(OC(=O)O)c(CCCC)c1CCCC. The van der Waals surface area contributed by atoms with E-state index in [0.29, 0.717) is 5.75 Å². The first kappa shape index (κ1) is 21.5. The fourth-order valence-electron chi connectivity index (χ4n) is 3.36. The Kier molecular flexibility index (Phi) is 11.0. The van der Waals surface area contributed by atoms with Crippen LogP contribution in [0.5, 0.6) is 5.75 Å². The van der Waals surface area contributed by atoms with Gasteiger partial charge < -0.3 is 9.84 Å². The molecule has 0 unspecified atom stereocenters. The van der Waals surface area contributed by atoms with Gasteiger partial charge in [-0.05, 0) is 61.3 Å². The van der Waals surface area contributed by atoms with E-state index >= 15 is 0 Å². The summed E-state index contributed by atoms with van der Waals surface area (Å²) in [5.41, 5.74) is 3.88. The van der Waals surface area contributed by atoms with Gasteiger partial charge in [-0.1, -0.05) is 65.4 Å². The van der Waals surface area contributed by atoms with Crippen molar-refractivity contribution >= 4 is 6.16 Å². The summed E-state index contributed by atoms with van der Waals surface area (Å²) in [6, 6.07) is 3.97. The third-order valence-electron chi connectivity index (χ3n) is 4.79. The smallest absolute Gasteiger partial charge is 0.449 e. The van der Waals surface area contributed by atoms with Gasteiger partial charge in [0.05, 0.1) is 0 Å².